The highest BCUT2D eigenvalue weighted by molar-refractivity contribution is 8.14. The van der Waals surface area contributed by atoms with Gasteiger partial charge in [-0.3, -0.25) is 19.5 Å². The molecule has 7 heteroatoms. The van der Waals surface area contributed by atoms with Crippen LogP contribution in [0.5, 0.6) is 0 Å². The Hall–Kier alpha value is -2.31. The minimum absolute atomic E-state index is 0.0250. The Balaban J connectivity index is 1.59. The van der Waals surface area contributed by atoms with Gasteiger partial charge in [0, 0.05) is 29.4 Å². The number of halogens is 1. The van der Waals surface area contributed by atoms with Crippen LogP contribution >= 0.6 is 23.4 Å². The number of thioether (sulfide) groups is 1. The third-order valence-electron chi connectivity index (χ3n) is 5.41. The van der Waals surface area contributed by atoms with Gasteiger partial charge in [0.25, 0.3) is 0 Å². The molecule has 0 aromatic heterocycles. The van der Waals surface area contributed by atoms with Crippen LogP contribution in [0, 0.1) is 5.92 Å². The molecule has 2 atom stereocenters. The molecule has 0 N–H and O–H groups in total. The fourth-order valence-electron chi connectivity index (χ4n) is 3.72. The lowest BCUT2D eigenvalue weighted by molar-refractivity contribution is -0.123. The molecule has 0 radical (unpaired) electrons. The van der Waals surface area contributed by atoms with Crippen LogP contribution in [0.15, 0.2) is 53.5 Å². The largest absolute Gasteiger partial charge is 0.312 e. The van der Waals surface area contributed by atoms with E-state index in [9.17, 15) is 9.59 Å². The van der Waals surface area contributed by atoms with Crippen molar-refractivity contribution in [1.82, 2.24) is 0 Å². The number of aliphatic imine (C=N–C) groups is 1. The Labute approximate surface area is 186 Å². The highest BCUT2D eigenvalue weighted by Crippen LogP contribution is 2.32. The average molecular weight is 442 g/mol. The number of hydrogen-bond acceptors (Lipinski definition) is 4. The van der Waals surface area contributed by atoms with Gasteiger partial charge in [-0.15, -0.1) is 0 Å². The Bertz CT molecular complexity index is 975. The summed E-state index contributed by atoms with van der Waals surface area (Å²) in [5, 5.41) is 1.30. The second-order valence-electron chi connectivity index (χ2n) is 7.65. The number of carbonyl (C=O) groups excluding carboxylic acids is 2. The Kier molecular flexibility index (Phi) is 6.16. The molecule has 2 aromatic rings. The van der Waals surface area contributed by atoms with Crippen LogP contribution in [0.25, 0.3) is 0 Å². The molecule has 2 aliphatic rings. The van der Waals surface area contributed by atoms with Crippen molar-refractivity contribution >= 4 is 51.7 Å². The van der Waals surface area contributed by atoms with Crippen molar-refractivity contribution in [2.24, 2.45) is 10.9 Å². The van der Waals surface area contributed by atoms with Crippen molar-refractivity contribution < 1.29 is 9.59 Å². The monoisotopic (exact) mass is 441 g/mol. The lowest BCUT2D eigenvalue weighted by Gasteiger charge is -2.25. The lowest BCUT2D eigenvalue weighted by Crippen LogP contribution is -2.40. The molecule has 2 aliphatic heterocycles. The number of rotatable bonds is 4. The molecule has 0 spiro atoms. The first kappa shape index (κ1) is 20.9. The van der Waals surface area contributed by atoms with E-state index < -0.39 is 5.92 Å². The van der Waals surface area contributed by atoms with Gasteiger partial charge in [0.2, 0.25) is 11.8 Å². The van der Waals surface area contributed by atoms with Crippen molar-refractivity contribution in [1.29, 1.82) is 0 Å². The van der Waals surface area contributed by atoms with Gasteiger partial charge in [0.15, 0.2) is 5.17 Å². The second kappa shape index (κ2) is 8.82. The van der Waals surface area contributed by atoms with E-state index in [-0.39, 0.29) is 24.3 Å². The maximum atomic E-state index is 13.6. The van der Waals surface area contributed by atoms with E-state index in [1.165, 1.54) is 5.56 Å². The predicted octanol–water partition coefficient (Wildman–Crippen LogP) is 4.78. The Morgan fingerprint density at radius 3 is 2.50 bits per heavy atom. The SMILES string of the molecule is CCc1ccc(N2C[C@@H](C(=O)N(C3=N[C@H](C)CS3)c3ccc(Cl)cc3)CC2=O)cc1. The van der Waals surface area contributed by atoms with E-state index in [0.717, 1.165) is 23.5 Å². The number of benzene rings is 2. The van der Waals surface area contributed by atoms with Crippen LogP contribution in [0.3, 0.4) is 0 Å². The topological polar surface area (TPSA) is 53.0 Å². The third kappa shape index (κ3) is 4.25. The molecule has 2 aromatic carbocycles. The van der Waals surface area contributed by atoms with Crippen LogP contribution in [0.2, 0.25) is 5.02 Å². The van der Waals surface area contributed by atoms with Crippen molar-refractivity contribution in [3.8, 4) is 0 Å². The van der Waals surface area contributed by atoms with Crippen molar-refractivity contribution in [3.63, 3.8) is 0 Å². The highest BCUT2D eigenvalue weighted by atomic mass is 35.5. The van der Waals surface area contributed by atoms with Crippen LogP contribution in [-0.4, -0.2) is 35.3 Å². The number of hydrogen-bond donors (Lipinski definition) is 0. The van der Waals surface area contributed by atoms with E-state index >= 15 is 0 Å². The van der Waals surface area contributed by atoms with Gasteiger partial charge in [0.1, 0.15) is 0 Å². The average Bonchev–Trinajstić information content (AvgIpc) is 3.35. The molecule has 1 fully saturated rings. The molecule has 30 heavy (non-hydrogen) atoms. The van der Waals surface area contributed by atoms with Gasteiger partial charge in [-0.05, 0) is 55.3 Å². The standard InChI is InChI=1S/C23H24ClN3O2S/c1-3-16-4-8-19(9-5-16)26-13-17(12-21(26)28)22(29)27(23-25-15(2)14-30-23)20-10-6-18(24)7-11-20/h4-11,15,17H,3,12-14H2,1-2H3/t15-,17+/m1/s1. The molecule has 5 nitrogen and oxygen atoms in total. The van der Waals surface area contributed by atoms with E-state index in [4.69, 9.17) is 11.6 Å². The molecule has 1 saturated heterocycles. The third-order valence-corrected chi connectivity index (χ3v) is 6.86. The number of aryl methyl sites for hydroxylation is 1. The number of amidine groups is 1. The summed E-state index contributed by atoms with van der Waals surface area (Å²) in [5.41, 5.74) is 2.78. The van der Waals surface area contributed by atoms with E-state index in [1.807, 2.05) is 43.3 Å². The fraction of sp³-hybridized carbons (Fsp3) is 0.348. The van der Waals surface area contributed by atoms with Crippen molar-refractivity contribution in [3.05, 3.63) is 59.1 Å². The summed E-state index contributed by atoms with van der Waals surface area (Å²) >= 11 is 7.61. The van der Waals surface area contributed by atoms with Crippen LogP contribution in [0.4, 0.5) is 11.4 Å². The summed E-state index contributed by atoms with van der Waals surface area (Å²) in [7, 11) is 0. The first-order valence-electron chi connectivity index (χ1n) is 10.2. The minimum atomic E-state index is -0.418. The summed E-state index contributed by atoms with van der Waals surface area (Å²) in [6, 6.07) is 15.3. The quantitative estimate of drug-likeness (QED) is 0.686. The number of anilines is 2. The molecular weight excluding hydrogens is 418 g/mol. The van der Waals surface area contributed by atoms with Gasteiger partial charge in [0.05, 0.1) is 17.6 Å². The molecule has 0 saturated carbocycles. The van der Waals surface area contributed by atoms with Gasteiger partial charge >= 0.3 is 0 Å². The number of amides is 2. The summed E-state index contributed by atoms with van der Waals surface area (Å²) < 4.78 is 0. The van der Waals surface area contributed by atoms with E-state index in [2.05, 4.69) is 11.9 Å². The number of carbonyl (C=O) groups is 2. The van der Waals surface area contributed by atoms with Crippen molar-refractivity contribution in [2.45, 2.75) is 32.7 Å². The van der Waals surface area contributed by atoms with Crippen LogP contribution in [-0.2, 0) is 16.0 Å². The summed E-state index contributed by atoms with van der Waals surface area (Å²) in [6.07, 6.45) is 1.15. The molecular formula is C23H24ClN3O2S. The normalized spacial score (nSPS) is 21.1. The van der Waals surface area contributed by atoms with Crippen molar-refractivity contribution in [2.75, 3.05) is 22.1 Å². The molecule has 4 rings (SSSR count). The zero-order valence-electron chi connectivity index (χ0n) is 17.0. The summed E-state index contributed by atoms with van der Waals surface area (Å²) in [5.74, 6) is 0.298. The Morgan fingerprint density at radius 1 is 1.20 bits per heavy atom. The summed E-state index contributed by atoms with van der Waals surface area (Å²) in [6.45, 7) is 4.51. The second-order valence-corrected chi connectivity index (χ2v) is 9.07. The Morgan fingerprint density at radius 2 is 1.90 bits per heavy atom. The lowest BCUT2D eigenvalue weighted by atomic mass is 10.1. The predicted molar refractivity (Wildman–Crippen MR) is 125 cm³/mol. The minimum Gasteiger partial charge on any atom is -0.312 e. The van der Waals surface area contributed by atoms with Crippen LogP contribution in [0.1, 0.15) is 25.8 Å². The molecule has 2 heterocycles. The zero-order valence-corrected chi connectivity index (χ0v) is 18.6. The smallest absolute Gasteiger partial charge is 0.238 e. The first-order valence-corrected chi connectivity index (χ1v) is 11.5. The van der Waals surface area contributed by atoms with E-state index in [0.29, 0.717) is 16.7 Å². The van der Waals surface area contributed by atoms with Gasteiger partial charge in [-0.2, -0.15) is 0 Å². The molecule has 0 bridgehead atoms. The summed E-state index contributed by atoms with van der Waals surface area (Å²) in [4.78, 5) is 34.3. The van der Waals surface area contributed by atoms with Crippen LogP contribution < -0.4 is 9.80 Å². The van der Waals surface area contributed by atoms with E-state index in [1.54, 1.807) is 33.7 Å². The molecule has 0 unspecified atom stereocenters. The highest BCUT2D eigenvalue weighted by Gasteiger charge is 2.39. The van der Waals surface area contributed by atoms with Gasteiger partial charge < -0.3 is 4.90 Å². The fourth-order valence-corrected chi connectivity index (χ4v) is 4.89. The first-order chi connectivity index (χ1) is 14.5. The maximum Gasteiger partial charge on any atom is 0.238 e. The molecule has 2 amide bonds. The zero-order chi connectivity index (χ0) is 21.3. The van der Waals surface area contributed by atoms with Gasteiger partial charge in [-0.1, -0.05) is 42.4 Å². The maximum absolute atomic E-state index is 13.6. The molecule has 156 valence electrons. The number of nitrogens with zero attached hydrogens (tertiary/aromatic N) is 3. The van der Waals surface area contributed by atoms with Gasteiger partial charge in [-0.25, -0.2) is 0 Å². The molecule has 0 aliphatic carbocycles.